The maximum atomic E-state index is 10.4. The molecule has 0 atom stereocenters. The van der Waals surface area contributed by atoms with Crippen molar-refractivity contribution in [1.29, 1.82) is 0 Å². The average molecular weight is 266 g/mol. The Kier molecular flexibility index (Phi) is 2.96. The molecule has 0 aliphatic carbocycles. The van der Waals surface area contributed by atoms with E-state index in [0.717, 1.165) is 11.3 Å². The van der Waals surface area contributed by atoms with Crippen molar-refractivity contribution in [2.45, 2.75) is 6.54 Å². The molecule has 1 aromatic carbocycles. The van der Waals surface area contributed by atoms with Crippen molar-refractivity contribution < 1.29 is 5.11 Å². The van der Waals surface area contributed by atoms with Crippen LogP contribution in [0, 0.1) is 0 Å². The number of hydrogen-bond donors (Lipinski definition) is 2. The zero-order valence-corrected chi connectivity index (χ0v) is 10.8. The van der Waals surface area contributed by atoms with Gasteiger partial charge in [-0.1, -0.05) is 18.7 Å². The molecule has 2 heterocycles. The smallest absolute Gasteiger partial charge is 0.208 e. The van der Waals surface area contributed by atoms with Gasteiger partial charge in [-0.2, -0.15) is 0 Å². The van der Waals surface area contributed by atoms with Crippen LogP contribution >= 0.6 is 0 Å². The summed E-state index contributed by atoms with van der Waals surface area (Å²) in [5.41, 5.74) is 8.02. The second-order valence-corrected chi connectivity index (χ2v) is 4.39. The molecular formula is C15H14N4O. The Balaban J connectivity index is 2.25. The molecule has 5 heteroatoms. The van der Waals surface area contributed by atoms with Crippen molar-refractivity contribution in [3.63, 3.8) is 0 Å². The molecule has 0 saturated carbocycles. The number of rotatable bonds is 3. The first-order chi connectivity index (χ1) is 9.74. The Morgan fingerprint density at radius 1 is 1.25 bits per heavy atom. The molecular weight excluding hydrogens is 252 g/mol. The highest BCUT2D eigenvalue weighted by molar-refractivity contribution is 5.67. The summed E-state index contributed by atoms with van der Waals surface area (Å²) >= 11 is 0. The van der Waals surface area contributed by atoms with Gasteiger partial charge in [-0.3, -0.25) is 4.57 Å². The molecule has 1 aromatic rings. The molecule has 3 N–H and O–H groups in total. The minimum atomic E-state index is 0.0999. The van der Waals surface area contributed by atoms with Gasteiger partial charge in [0, 0.05) is 12.7 Å². The molecule has 0 aromatic heterocycles. The molecule has 2 aliphatic heterocycles. The van der Waals surface area contributed by atoms with E-state index in [0.29, 0.717) is 23.8 Å². The fourth-order valence-corrected chi connectivity index (χ4v) is 2.15. The number of hydrogen-bond acceptors (Lipinski definition) is 4. The lowest BCUT2D eigenvalue weighted by Crippen LogP contribution is -2.06. The van der Waals surface area contributed by atoms with E-state index in [9.17, 15) is 5.11 Å². The fraction of sp³-hybridized carbons (Fsp3) is 0.0667. The zero-order chi connectivity index (χ0) is 14.1. The molecule has 0 bridgehead atoms. The van der Waals surface area contributed by atoms with Gasteiger partial charge in [0.2, 0.25) is 5.88 Å². The molecule has 5 nitrogen and oxygen atoms in total. The zero-order valence-electron chi connectivity index (χ0n) is 10.8. The van der Waals surface area contributed by atoms with Gasteiger partial charge in [-0.05, 0) is 29.8 Å². The van der Waals surface area contributed by atoms with Gasteiger partial charge >= 0.3 is 0 Å². The lowest BCUT2D eigenvalue weighted by atomic mass is 10.2. The van der Waals surface area contributed by atoms with Crippen molar-refractivity contribution >= 4 is 6.08 Å². The van der Waals surface area contributed by atoms with E-state index in [4.69, 9.17) is 5.73 Å². The SMILES string of the molecule is C=Cc1nc2nccc-2c(O)n1-c1ccc(CN)cc1. The Morgan fingerprint density at radius 2 is 2.00 bits per heavy atom. The monoisotopic (exact) mass is 266 g/mol. The summed E-state index contributed by atoms with van der Waals surface area (Å²) < 4.78 is 1.64. The maximum absolute atomic E-state index is 10.4. The van der Waals surface area contributed by atoms with Gasteiger partial charge < -0.3 is 10.8 Å². The van der Waals surface area contributed by atoms with E-state index in [1.165, 1.54) is 0 Å². The number of nitrogens with zero attached hydrogens (tertiary/aromatic N) is 3. The van der Waals surface area contributed by atoms with Crippen LogP contribution in [0.3, 0.4) is 0 Å². The second-order valence-electron chi connectivity index (χ2n) is 4.39. The molecule has 20 heavy (non-hydrogen) atoms. The van der Waals surface area contributed by atoms with Crippen LogP contribution in [0.25, 0.3) is 23.2 Å². The number of nitrogens with two attached hydrogens (primary N) is 1. The molecule has 0 amide bonds. The van der Waals surface area contributed by atoms with Crippen molar-refractivity contribution in [2.24, 2.45) is 5.73 Å². The lowest BCUT2D eigenvalue weighted by molar-refractivity contribution is 0.437. The number of aromatic nitrogens is 3. The van der Waals surface area contributed by atoms with Gasteiger partial charge in [0.25, 0.3) is 0 Å². The lowest BCUT2D eigenvalue weighted by Gasteiger charge is -2.15. The van der Waals surface area contributed by atoms with Crippen LogP contribution in [-0.2, 0) is 6.54 Å². The van der Waals surface area contributed by atoms with E-state index in [1.54, 1.807) is 22.9 Å². The minimum Gasteiger partial charge on any atom is -0.494 e. The van der Waals surface area contributed by atoms with E-state index >= 15 is 0 Å². The third kappa shape index (κ3) is 1.85. The summed E-state index contributed by atoms with van der Waals surface area (Å²) in [4.78, 5) is 8.48. The Hall–Kier alpha value is -2.66. The topological polar surface area (TPSA) is 77.0 Å². The van der Waals surface area contributed by atoms with E-state index in [2.05, 4.69) is 16.5 Å². The third-order valence-electron chi connectivity index (χ3n) is 3.19. The van der Waals surface area contributed by atoms with Crippen molar-refractivity contribution in [3.05, 3.63) is 54.5 Å². The highest BCUT2D eigenvalue weighted by Gasteiger charge is 2.18. The molecule has 100 valence electrons. The Labute approximate surface area is 116 Å². The van der Waals surface area contributed by atoms with Crippen molar-refractivity contribution in [1.82, 2.24) is 14.5 Å². The van der Waals surface area contributed by atoms with Gasteiger partial charge in [-0.25, -0.2) is 9.97 Å². The summed E-state index contributed by atoms with van der Waals surface area (Å²) in [6.07, 6.45) is 3.21. The van der Waals surface area contributed by atoms with Crippen molar-refractivity contribution in [3.8, 4) is 23.0 Å². The highest BCUT2D eigenvalue weighted by Crippen LogP contribution is 2.32. The number of fused-ring (bicyclic) bond motifs is 1. The van der Waals surface area contributed by atoms with Gasteiger partial charge in [0.1, 0.15) is 5.82 Å². The van der Waals surface area contributed by atoms with Gasteiger partial charge in [0.15, 0.2) is 5.82 Å². The van der Waals surface area contributed by atoms with Crippen LogP contribution < -0.4 is 5.73 Å². The predicted molar refractivity (Wildman–Crippen MR) is 77.6 cm³/mol. The molecule has 0 unspecified atom stereocenters. The third-order valence-corrected chi connectivity index (χ3v) is 3.19. The molecule has 3 rings (SSSR count). The minimum absolute atomic E-state index is 0.0999. The largest absolute Gasteiger partial charge is 0.494 e. The number of benzene rings is 1. The molecule has 0 saturated heterocycles. The highest BCUT2D eigenvalue weighted by atomic mass is 16.3. The number of aromatic hydroxyl groups is 1. The first-order valence-electron chi connectivity index (χ1n) is 6.23. The van der Waals surface area contributed by atoms with Crippen LogP contribution in [0.15, 0.2) is 43.1 Å². The van der Waals surface area contributed by atoms with Gasteiger partial charge in [0.05, 0.1) is 11.3 Å². The van der Waals surface area contributed by atoms with E-state index < -0.39 is 0 Å². The molecule has 0 fully saturated rings. The quantitative estimate of drug-likeness (QED) is 0.761. The fourth-order valence-electron chi connectivity index (χ4n) is 2.15. The normalized spacial score (nSPS) is 10.8. The Morgan fingerprint density at radius 3 is 2.65 bits per heavy atom. The first kappa shape index (κ1) is 12.4. The van der Waals surface area contributed by atoms with Crippen molar-refractivity contribution in [2.75, 3.05) is 0 Å². The van der Waals surface area contributed by atoms with E-state index in [1.807, 2.05) is 24.3 Å². The maximum Gasteiger partial charge on any atom is 0.208 e. The molecule has 2 aliphatic rings. The summed E-state index contributed by atoms with van der Waals surface area (Å²) in [7, 11) is 0. The van der Waals surface area contributed by atoms with E-state index in [-0.39, 0.29) is 5.88 Å². The Bertz CT molecular complexity index is 730. The average Bonchev–Trinajstić information content (AvgIpc) is 2.96. The summed E-state index contributed by atoms with van der Waals surface area (Å²) in [6.45, 7) is 4.22. The predicted octanol–water partition coefficient (Wildman–Crippen LogP) is 2.18. The summed E-state index contributed by atoms with van der Waals surface area (Å²) in [5, 5.41) is 10.4. The van der Waals surface area contributed by atoms with Crippen LogP contribution in [-0.4, -0.2) is 19.6 Å². The first-order valence-corrected chi connectivity index (χ1v) is 6.23. The van der Waals surface area contributed by atoms with Gasteiger partial charge in [-0.15, -0.1) is 0 Å². The molecule has 0 spiro atoms. The second kappa shape index (κ2) is 4.79. The summed E-state index contributed by atoms with van der Waals surface area (Å²) in [6, 6.07) is 9.34. The standard InChI is InChI=1S/C15H14N4O/c1-2-13-18-14-12(7-8-17-14)15(20)19(13)11-5-3-10(9-16)4-6-11/h2-8,20H,1,9,16H2. The van der Waals surface area contributed by atoms with Crippen LogP contribution in [0.2, 0.25) is 0 Å². The van der Waals surface area contributed by atoms with Crippen LogP contribution in [0.4, 0.5) is 0 Å². The molecule has 0 radical (unpaired) electrons. The van der Waals surface area contributed by atoms with Crippen LogP contribution in [0.5, 0.6) is 5.88 Å². The van der Waals surface area contributed by atoms with Crippen LogP contribution in [0.1, 0.15) is 11.4 Å². The summed E-state index contributed by atoms with van der Waals surface area (Å²) in [5.74, 6) is 1.14.